The van der Waals surface area contributed by atoms with Gasteiger partial charge in [-0.3, -0.25) is 25.4 Å². The van der Waals surface area contributed by atoms with Crippen LogP contribution in [0, 0.1) is 13.8 Å². The minimum Gasteiger partial charge on any atom is -0.267 e. The van der Waals surface area contributed by atoms with Crippen LogP contribution in [-0.4, -0.2) is 16.8 Å². The topological polar surface area (TPSA) is 71.1 Å². The number of pyridine rings is 1. The number of carbonyl (C=O) groups excluding carboxylic acids is 2. The van der Waals surface area contributed by atoms with Gasteiger partial charge in [0.15, 0.2) is 0 Å². The first-order chi connectivity index (χ1) is 9.08. The Labute approximate surface area is 114 Å². The monoisotopic (exact) mass is 275 g/mol. The minimum atomic E-state index is -0.397. The maximum Gasteiger partial charge on any atom is 0.279 e. The third-order valence-electron chi connectivity index (χ3n) is 2.60. The number of aromatic nitrogens is 1. The van der Waals surface area contributed by atoms with Crippen molar-refractivity contribution in [1.82, 2.24) is 15.8 Å². The number of aryl methyl sites for hydroxylation is 2. The van der Waals surface area contributed by atoms with Gasteiger partial charge in [0.2, 0.25) is 0 Å². The van der Waals surface area contributed by atoms with Crippen LogP contribution in [0.15, 0.2) is 30.6 Å². The fraction of sp³-hybridized carbons (Fsp3) is 0.154. The summed E-state index contributed by atoms with van der Waals surface area (Å²) in [4.78, 5) is 29.0. The number of amides is 2. The average Bonchev–Trinajstić information content (AvgIpc) is 2.77. The molecule has 6 heteroatoms. The Bertz CT molecular complexity index is 588. The summed E-state index contributed by atoms with van der Waals surface area (Å²) in [5.74, 6) is -0.718. The van der Waals surface area contributed by atoms with Crippen molar-refractivity contribution in [2.45, 2.75) is 13.8 Å². The van der Waals surface area contributed by atoms with E-state index in [4.69, 9.17) is 0 Å². The van der Waals surface area contributed by atoms with Crippen molar-refractivity contribution < 1.29 is 9.59 Å². The standard InChI is InChI=1S/C13H13N3O2S/c1-8-6-11(19-9(8)2)13(18)16-15-12(17)10-4-3-5-14-7-10/h3-7H,1-2H3,(H,15,17)(H,16,18). The Hall–Kier alpha value is -2.21. The van der Waals surface area contributed by atoms with Gasteiger partial charge in [0.1, 0.15) is 0 Å². The Kier molecular flexibility index (Phi) is 3.91. The second kappa shape index (κ2) is 5.62. The van der Waals surface area contributed by atoms with E-state index in [0.29, 0.717) is 10.4 Å². The number of hydrogen-bond acceptors (Lipinski definition) is 4. The molecule has 0 spiro atoms. The van der Waals surface area contributed by atoms with Gasteiger partial charge in [-0.15, -0.1) is 11.3 Å². The van der Waals surface area contributed by atoms with Crippen LogP contribution in [0.5, 0.6) is 0 Å². The first-order valence-corrected chi connectivity index (χ1v) is 6.47. The van der Waals surface area contributed by atoms with Crippen molar-refractivity contribution in [3.63, 3.8) is 0 Å². The number of hydrazine groups is 1. The molecule has 0 fully saturated rings. The largest absolute Gasteiger partial charge is 0.279 e. The lowest BCUT2D eigenvalue weighted by atomic mass is 10.3. The first kappa shape index (κ1) is 13.2. The maximum atomic E-state index is 11.8. The molecule has 2 N–H and O–H groups in total. The molecule has 2 aromatic heterocycles. The zero-order chi connectivity index (χ0) is 13.8. The molecule has 0 aliphatic heterocycles. The first-order valence-electron chi connectivity index (χ1n) is 5.65. The van der Waals surface area contributed by atoms with E-state index in [1.54, 1.807) is 24.4 Å². The lowest BCUT2D eigenvalue weighted by molar-refractivity contribution is 0.0848. The number of thiophene rings is 1. The maximum absolute atomic E-state index is 11.8. The van der Waals surface area contributed by atoms with Crippen LogP contribution in [0.4, 0.5) is 0 Å². The van der Waals surface area contributed by atoms with Crippen LogP contribution >= 0.6 is 11.3 Å². The van der Waals surface area contributed by atoms with Gasteiger partial charge in [0.05, 0.1) is 10.4 Å². The van der Waals surface area contributed by atoms with E-state index in [-0.39, 0.29) is 5.91 Å². The highest BCUT2D eigenvalue weighted by molar-refractivity contribution is 7.14. The molecule has 98 valence electrons. The van der Waals surface area contributed by atoms with E-state index in [1.807, 2.05) is 13.8 Å². The molecule has 2 amide bonds. The molecule has 5 nitrogen and oxygen atoms in total. The van der Waals surface area contributed by atoms with Gasteiger partial charge in [-0.05, 0) is 37.6 Å². The fourth-order valence-electron chi connectivity index (χ4n) is 1.43. The van der Waals surface area contributed by atoms with Gasteiger partial charge in [-0.1, -0.05) is 0 Å². The van der Waals surface area contributed by atoms with Crippen LogP contribution in [0.3, 0.4) is 0 Å². The highest BCUT2D eigenvalue weighted by atomic mass is 32.1. The zero-order valence-corrected chi connectivity index (χ0v) is 11.4. The van der Waals surface area contributed by atoms with Gasteiger partial charge >= 0.3 is 0 Å². The third-order valence-corrected chi connectivity index (χ3v) is 3.75. The summed E-state index contributed by atoms with van der Waals surface area (Å²) in [5.41, 5.74) is 6.19. The van der Waals surface area contributed by atoms with Crippen LogP contribution < -0.4 is 10.9 Å². The molecular formula is C13H13N3O2S. The summed E-state index contributed by atoms with van der Waals surface area (Å²) in [6.07, 6.45) is 3.01. The van der Waals surface area contributed by atoms with E-state index in [9.17, 15) is 9.59 Å². The summed E-state index contributed by atoms with van der Waals surface area (Å²) >= 11 is 1.39. The quantitative estimate of drug-likeness (QED) is 0.821. The highest BCUT2D eigenvalue weighted by Crippen LogP contribution is 2.20. The van der Waals surface area contributed by atoms with Gasteiger partial charge < -0.3 is 0 Å². The Balaban J connectivity index is 1.96. The molecule has 0 saturated carbocycles. The summed E-state index contributed by atoms with van der Waals surface area (Å²) in [6, 6.07) is 5.07. The molecule has 0 aliphatic carbocycles. The number of hydrogen-bond donors (Lipinski definition) is 2. The van der Waals surface area contributed by atoms with Crippen molar-refractivity contribution in [1.29, 1.82) is 0 Å². The summed E-state index contributed by atoms with van der Waals surface area (Å²) < 4.78 is 0. The van der Waals surface area contributed by atoms with Gasteiger partial charge in [0, 0.05) is 17.3 Å². The van der Waals surface area contributed by atoms with E-state index >= 15 is 0 Å². The van der Waals surface area contributed by atoms with E-state index in [1.165, 1.54) is 17.5 Å². The van der Waals surface area contributed by atoms with Crippen LogP contribution in [0.2, 0.25) is 0 Å². The van der Waals surface area contributed by atoms with Gasteiger partial charge in [-0.2, -0.15) is 0 Å². The van der Waals surface area contributed by atoms with Crippen molar-refractivity contribution in [3.8, 4) is 0 Å². The van der Waals surface area contributed by atoms with Crippen molar-refractivity contribution in [2.75, 3.05) is 0 Å². The second-order valence-electron chi connectivity index (χ2n) is 4.00. The van der Waals surface area contributed by atoms with Crippen LogP contribution in [0.25, 0.3) is 0 Å². The zero-order valence-electron chi connectivity index (χ0n) is 10.6. The molecule has 0 radical (unpaired) electrons. The molecule has 2 heterocycles. The summed E-state index contributed by atoms with van der Waals surface area (Å²) in [6.45, 7) is 3.89. The molecular weight excluding hydrogens is 262 g/mol. The molecule has 2 rings (SSSR count). The lowest BCUT2D eigenvalue weighted by Crippen LogP contribution is -2.41. The number of rotatable bonds is 2. The fourth-order valence-corrected chi connectivity index (χ4v) is 2.36. The number of nitrogens with one attached hydrogen (secondary N) is 2. The van der Waals surface area contributed by atoms with Gasteiger partial charge in [-0.25, -0.2) is 0 Å². The van der Waals surface area contributed by atoms with Crippen LogP contribution in [0.1, 0.15) is 30.5 Å². The molecule has 0 saturated heterocycles. The Morgan fingerprint density at radius 2 is 1.95 bits per heavy atom. The SMILES string of the molecule is Cc1cc(C(=O)NNC(=O)c2cccnc2)sc1C. The molecule has 19 heavy (non-hydrogen) atoms. The minimum absolute atomic E-state index is 0.321. The smallest absolute Gasteiger partial charge is 0.267 e. The van der Waals surface area contributed by atoms with Crippen molar-refractivity contribution >= 4 is 23.2 Å². The summed E-state index contributed by atoms with van der Waals surface area (Å²) in [5, 5.41) is 0. The number of nitrogens with zero attached hydrogens (tertiary/aromatic N) is 1. The Morgan fingerprint density at radius 3 is 2.53 bits per heavy atom. The summed E-state index contributed by atoms with van der Waals surface area (Å²) in [7, 11) is 0. The number of carbonyl (C=O) groups is 2. The molecule has 0 unspecified atom stereocenters. The van der Waals surface area contributed by atoms with E-state index in [2.05, 4.69) is 15.8 Å². The molecule has 2 aromatic rings. The normalized spacial score (nSPS) is 10.0. The molecule has 0 bridgehead atoms. The van der Waals surface area contributed by atoms with E-state index < -0.39 is 5.91 Å². The average molecular weight is 275 g/mol. The molecule has 0 aliphatic rings. The van der Waals surface area contributed by atoms with Crippen molar-refractivity contribution in [3.05, 3.63) is 51.5 Å². The third kappa shape index (κ3) is 3.17. The Morgan fingerprint density at radius 1 is 1.21 bits per heavy atom. The second-order valence-corrected chi connectivity index (χ2v) is 5.26. The van der Waals surface area contributed by atoms with E-state index in [0.717, 1.165) is 10.4 Å². The van der Waals surface area contributed by atoms with Gasteiger partial charge in [0.25, 0.3) is 11.8 Å². The predicted octanol–water partition coefficient (Wildman–Crippen LogP) is 1.83. The van der Waals surface area contributed by atoms with Crippen molar-refractivity contribution in [2.24, 2.45) is 0 Å². The highest BCUT2D eigenvalue weighted by Gasteiger charge is 2.12. The van der Waals surface area contributed by atoms with Crippen LogP contribution in [-0.2, 0) is 0 Å². The lowest BCUT2D eigenvalue weighted by Gasteiger charge is -2.05. The predicted molar refractivity (Wildman–Crippen MR) is 73.0 cm³/mol. The molecule has 0 aromatic carbocycles. The molecule has 0 atom stereocenters.